The Morgan fingerprint density at radius 3 is 1.92 bits per heavy atom. The van der Waals surface area contributed by atoms with Crippen molar-refractivity contribution in [1.29, 1.82) is 0 Å². The zero-order valence-electron chi connectivity index (χ0n) is 23.7. The number of aromatic nitrogens is 2. The highest BCUT2D eigenvalue weighted by atomic mass is 16.1. The minimum absolute atomic E-state index is 0. The Kier molecular flexibility index (Phi) is 18.4. The molecule has 1 N–H and O–H groups in total. The van der Waals surface area contributed by atoms with E-state index in [4.69, 9.17) is 4.98 Å². The first-order valence-corrected chi connectivity index (χ1v) is 12.7. The Bertz CT molecular complexity index is 1060. The second-order valence-electron chi connectivity index (χ2n) is 7.74. The summed E-state index contributed by atoms with van der Waals surface area (Å²) in [6.07, 6.45) is 4.69. The van der Waals surface area contributed by atoms with E-state index in [0.29, 0.717) is 12.4 Å². The Morgan fingerprint density at radius 2 is 1.44 bits per heavy atom. The lowest BCUT2D eigenvalue weighted by Gasteiger charge is -2.16. The van der Waals surface area contributed by atoms with Crippen molar-refractivity contribution in [2.45, 2.75) is 90.0 Å². The van der Waals surface area contributed by atoms with Crippen molar-refractivity contribution in [3.8, 4) is 0 Å². The zero-order valence-corrected chi connectivity index (χ0v) is 23.7. The summed E-state index contributed by atoms with van der Waals surface area (Å²) in [5.41, 5.74) is 9.13. The van der Waals surface area contributed by atoms with Crippen LogP contribution in [0.25, 0.3) is 5.57 Å². The quantitative estimate of drug-likeness (QED) is 0.386. The first kappa shape index (κ1) is 34.9. The molecule has 2 aromatic carbocycles. The molecule has 0 fully saturated rings. The average molecular weight is 492 g/mol. The van der Waals surface area contributed by atoms with Crippen LogP contribution in [0.2, 0.25) is 0 Å². The van der Waals surface area contributed by atoms with E-state index < -0.39 is 0 Å². The van der Waals surface area contributed by atoms with Crippen LogP contribution in [-0.4, -0.2) is 15.8 Å². The fourth-order valence-electron chi connectivity index (χ4n) is 3.27. The van der Waals surface area contributed by atoms with Gasteiger partial charge in [0, 0.05) is 23.9 Å². The molecule has 0 radical (unpaired) electrons. The fourth-order valence-corrected chi connectivity index (χ4v) is 3.27. The van der Waals surface area contributed by atoms with Gasteiger partial charge in [-0.3, -0.25) is 0 Å². The van der Waals surface area contributed by atoms with E-state index in [1.165, 1.54) is 22.3 Å². The van der Waals surface area contributed by atoms with Gasteiger partial charge in [-0.15, -0.1) is 0 Å². The van der Waals surface area contributed by atoms with Crippen LogP contribution in [0.1, 0.15) is 95.8 Å². The summed E-state index contributed by atoms with van der Waals surface area (Å²) in [5.74, 6) is 0.867. The number of allylic oxidation sites excluding steroid dienone is 1. The molecule has 4 nitrogen and oxygen atoms in total. The monoisotopic (exact) mass is 491 g/mol. The van der Waals surface area contributed by atoms with Crippen molar-refractivity contribution in [3.63, 3.8) is 0 Å². The van der Waals surface area contributed by atoms with Gasteiger partial charge in [0.15, 0.2) is 0 Å². The number of carbonyl (C=O) groups is 1. The van der Waals surface area contributed by atoms with Gasteiger partial charge >= 0.3 is 0 Å². The van der Waals surface area contributed by atoms with Crippen LogP contribution in [0, 0.1) is 27.7 Å². The van der Waals surface area contributed by atoms with E-state index in [2.05, 4.69) is 81.3 Å². The third kappa shape index (κ3) is 11.0. The van der Waals surface area contributed by atoms with Gasteiger partial charge in [0.1, 0.15) is 5.78 Å². The first-order valence-electron chi connectivity index (χ1n) is 12.7. The smallest absolute Gasteiger partial charge is 0.227 e. The van der Waals surface area contributed by atoms with E-state index >= 15 is 0 Å². The number of aryl methyl sites for hydroxylation is 4. The Morgan fingerprint density at radius 1 is 0.917 bits per heavy atom. The fraction of sp³-hybridized carbons (Fsp3) is 0.406. The number of anilines is 2. The summed E-state index contributed by atoms with van der Waals surface area (Å²) in [7, 11) is 0. The molecule has 0 atom stereocenters. The van der Waals surface area contributed by atoms with Crippen LogP contribution in [0.4, 0.5) is 11.6 Å². The molecule has 0 saturated heterocycles. The van der Waals surface area contributed by atoms with E-state index in [1.54, 1.807) is 6.92 Å². The molecule has 3 aromatic rings. The first-order chi connectivity index (χ1) is 16.8. The van der Waals surface area contributed by atoms with Crippen LogP contribution in [0.5, 0.6) is 0 Å². The van der Waals surface area contributed by atoms with Crippen LogP contribution in [-0.2, 0) is 4.79 Å². The largest absolute Gasteiger partial charge is 0.324 e. The maximum absolute atomic E-state index is 9.81. The topological polar surface area (TPSA) is 54.9 Å². The number of nitrogens with zero attached hydrogens (tertiary/aromatic N) is 2. The lowest BCUT2D eigenvalue weighted by atomic mass is 9.92. The number of ketones is 1. The minimum Gasteiger partial charge on any atom is -0.324 e. The van der Waals surface area contributed by atoms with Gasteiger partial charge in [-0.2, -0.15) is 0 Å². The molecule has 0 aliphatic carbocycles. The maximum atomic E-state index is 9.81. The number of Topliss-reactive ketones (excluding diaryl/α,β-unsaturated/α-hetero) is 1. The highest BCUT2D eigenvalue weighted by molar-refractivity contribution is 5.82. The molecular weight excluding hydrogens is 442 g/mol. The number of benzene rings is 2. The molecule has 1 aromatic heterocycles. The second kappa shape index (κ2) is 19.0. The second-order valence-corrected chi connectivity index (χ2v) is 7.74. The third-order valence-corrected chi connectivity index (χ3v) is 5.04. The Labute approximate surface area is 221 Å². The number of hydrogen-bond acceptors (Lipinski definition) is 4. The summed E-state index contributed by atoms with van der Waals surface area (Å²) in [6, 6.07) is 14.6. The lowest BCUT2D eigenvalue weighted by Crippen LogP contribution is -2.04. The molecule has 0 aliphatic heterocycles. The number of carbonyl (C=O) groups excluding carboxylic acids is 1. The van der Waals surface area contributed by atoms with Gasteiger partial charge in [0.2, 0.25) is 5.95 Å². The van der Waals surface area contributed by atoms with Gasteiger partial charge < -0.3 is 10.1 Å². The standard InChI is InChI=1S/C23H25N3.C4H8O.2C2H6.CH4/c1-6-20(21-16(3)10-8-11-17(21)4)22-18(5)14-24-23(26-22)25-19-12-7-9-15(2)13-19;1-3-4(2)5;2*1-2;/h6-14H,1-5H3,(H,24,25,26);3H2,1-2H3;2*1-2H3;1H4/b20-6+;;;;. The van der Waals surface area contributed by atoms with Gasteiger partial charge in [0.05, 0.1) is 5.69 Å². The van der Waals surface area contributed by atoms with Crippen molar-refractivity contribution < 1.29 is 4.79 Å². The zero-order chi connectivity index (χ0) is 27.0. The molecule has 4 heteroatoms. The van der Waals surface area contributed by atoms with Crippen molar-refractivity contribution >= 4 is 23.0 Å². The predicted molar refractivity (Wildman–Crippen MR) is 160 cm³/mol. The molecule has 1 heterocycles. The predicted octanol–water partition coefficient (Wildman–Crippen LogP) is 9.58. The molecule has 0 amide bonds. The molecule has 0 spiro atoms. The van der Waals surface area contributed by atoms with Gasteiger partial charge in [-0.1, -0.05) is 78.5 Å². The van der Waals surface area contributed by atoms with Crippen LogP contribution in [0.3, 0.4) is 0 Å². The molecule has 0 saturated carbocycles. The summed E-state index contributed by atoms with van der Waals surface area (Å²) in [5, 5.41) is 3.32. The molecule has 198 valence electrons. The average Bonchev–Trinajstić information content (AvgIpc) is 2.86. The Balaban J connectivity index is 0. The number of nitrogens with one attached hydrogen (secondary N) is 1. The highest BCUT2D eigenvalue weighted by Crippen LogP contribution is 2.30. The van der Waals surface area contributed by atoms with Crippen LogP contribution >= 0.6 is 0 Å². The van der Waals surface area contributed by atoms with Crippen molar-refractivity contribution in [3.05, 3.63) is 88.2 Å². The maximum Gasteiger partial charge on any atom is 0.227 e. The van der Waals surface area contributed by atoms with E-state index in [9.17, 15) is 4.79 Å². The Hall–Kier alpha value is -3.27. The third-order valence-electron chi connectivity index (χ3n) is 5.04. The van der Waals surface area contributed by atoms with E-state index in [-0.39, 0.29) is 13.2 Å². The highest BCUT2D eigenvalue weighted by Gasteiger charge is 2.15. The summed E-state index contributed by atoms with van der Waals surface area (Å²) in [6.45, 7) is 21.9. The van der Waals surface area contributed by atoms with Gasteiger partial charge in [-0.25, -0.2) is 9.97 Å². The van der Waals surface area contributed by atoms with Crippen LogP contribution in [0.15, 0.2) is 54.7 Å². The van der Waals surface area contributed by atoms with E-state index in [1.807, 2.05) is 52.9 Å². The molecule has 0 unspecified atom stereocenters. The molecule has 36 heavy (non-hydrogen) atoms. The van der Waals surface area contributed by atoms with Crippen LogP contribution < -0.4 is 5.32 Å². The number of rotatable bonds is 5. The van der Waals surface area contributed by atoms with Crippen molar-refractivity contribution in [1.82, 2.24) is 9.97 Å². The summed E-state index contributed by atoms with van der Waals surface area (Å²) < 4.78 is 0. The molecule has 0 aliphatic rings. The lowest BCUT2D eigenvalue weighted by molar-refractivity contribution is -0.116. The molecular formula is C32H49N3O. The van der Waals surface area contributed by atoms with Gasteiger partial charge in [0.25, 0.3) is 0 Å². The molecule has 3 rings (SSSR count). The van der Waals surface area contributed by atoms with E-state index in [0.717, 1.165) is 22.5 Å². The minimum atomic E-state index is 0. The SMILES string of the molecule is C.C/C=C(/c1nc(Nc2cccc(C)c2)ncc1C)c1c(C)cccc1C.CC.CC.CCC(C)=O. The van der Waals surface area contributed by atoms with Gasteiger partial charge in [-0.05, 0) is 81.5 Å². The van der Waals surface area contributed by atoms with Crippen molar-refractivity contribution in [2.24, 2.45) is 0 Å². The molecule has 0 bridgehead atoms. The number of hydrogen-bond donors (Lipinski definition) is 1. The normalized spacial score (nSPS) is 9.69. The summed E-state index contributed by atoms with van der Waals surface area (Å²) in [4.78, 5) is 19.1. The summed E-state index contributed by atoms with van der Waals surface area (Å²) >= 11 is 0. The van der Waals surface area contributed by atoms with Crippen molar-refractivity contribution in [2.75, 3.05) is 5.32 Å².